The second-order valence-corrected chi connectivity index (χ2v) is 6.87. The highest BCUT2D eigenvalue weighted by molar-refractivity contribution is 6.32. The average molecular weight is 407 g/mol. The number of carbonyl (C=O) groups excluding carboxylic acids is 1. The molecule has 4 rings (SSSR count). The normalized spacial score (nSPS) is 13.8. The first-order chi connectivity index (χ1) is 14.2. The molecule has 3 aromatic rings. The summed E-state index contributed by atoms with van der Waals surface area (Å²) in [7, 11) is 0. The SMILES string of the molecule is O=C(/C=C/c1cc(Cl)c2c(c1)OCCO2)NC(c1ccccc1)c1ccccn1. The van der Waals surface area contributed by atoms with Gasteiger partial charge >= 0.3 is 0 Å². The standard InChI is InChI=1S/C23H19ClN2O3/c24-18-14-16(15-20-23(18)29-13-12-28-20)9-10-21(27)26-22(17-6-2-1-3-7-17)19-8-4-5-11-25-19/h1-11,14-15,22H,12-13H2,(H,26,27)/b10-9+. The Morgan fingerprint density at radius 1 is 1.07 bits per heavy atom. The van der Waals surface area contributed by atoms with Crippen LogP contribution in [-0.4, -0.2) is 24.1 Å². The summed E-state index contributed by atoms with van der Waals surface area (Å²) in [6, 6.07) is 18.6. The number of nitrogens with one attached hydrogen (secondary N) is 1. The van der Waals surface area contributed by atoms with Crippen molar-refractivity contribution < 1.29 is 14.3 Å². The van der Waals surface area contributed by atoms with Gasteiger partial charge in [0.15, 0.2) is 11.5 Å². The van der Waals surface area contributed by atoms with E-state index in [-0.39, 0.29) is 11.9 Å². The van der Waals surface area contributed by atoms with Crippen LogP contribution >= 0.6 is 11.6 Å². The molecule has 0 bridgehead atoms. The van der Waals surface area contributed by atoms with Crippen LogP contribution in [-0.2, 0) is 4.79 Å². The van der Waals surface area contributed by atoms with Crippen molar-refractivity contribution in [1.29, 1.82) is 0 Å². The van der Waals surface area contributed by atoms with Gasteiger partial charge in [0.25, 0.3) is 0 Å². The Bertz CT molecular complexity index is 984. The molecule has 1 unspecified atom stereocenters. The molecule has 1 N–H and O–H groups in total. The Morgan fingerprint density at radius 3 is 2.66 bits per heavy atom. The molecule has 1 aliphatic heterocycles. The largest absolute Gasteiger partial charge is 0.486 e. The molecule has 146 valence electrons. The van der Waals surface area contributed by atoms with E-state index >= 15 is 0 Å². The number of amides is 1. The Kier molecular flexibility index (Phi) is 5.77. The highest BCUT2D eigenvalue weighted by atomic mass is 35.5. The van der Waals surface area contributed by atoms with Gasteiger partial charge < -0.3 is 14.8 Å². The van der Waals surface area contributed by atoms with Crippen LogP contribution in [0.3, 0.4) is 0 Å². The van der Waals surface area contributed by atoms with Crippen LogP contribution in [0.15, 0.2) is 72.9 Å². The smallest absolute Gasteiger partial charge is 0.244 e. The zero-order chi connectivity index (χ0) is 20.1. The van der Waals surface area contributed by atoms with Crippen LogP contribution in [0.4, 0.5) is 0 Å². The van der Waals surface area contributed by atoms with Crippen molar-refractivity contribution >= 4 is 23.6 Å². The third-order valence-corrected chi connectivity index (χ3v) is 4.73. The van der Waals surface area contributed by atoms with E-state index in [9.17, 15) is 4.79 Å². The number of halogens is 1. The summed E-state index contributed by atoms with van der Waals surface area (Å²) < 4.78 is 11.1. The maximum absolute atomic E-state index is 12.6. The summed E-state index contributed by atoms with van der Waals surface area (Å²) in [5, 5.41) is 3.48. The summed E-state index contributed by atoms with van der Waals surface area (Å²) in [5.74, 6) is 0.883. The number of hydrogen-bond acceptors (Lipinski definition) is 4. The van der Waals surface area contributed by atoms with Crippen molar-refractivity contribution in [1.82, 2.24) is 10.3 Å². The number of aromatic nitrogens is 1. The molecule has 2 aromatic carbocycles. The van der Waals surface area contributed by atoms with Crippen molar-refractivity contribution in [3.8, 4) is 11.5 Å². The first kappa shape index (κ1) is 19.0. The fourth-order valence-corrected chi connectivity index (χ4v) is 3.38. The van der Waals surface area contributed by atoms with Gasteiger partial charge in [-0.3, -0.25) is 9.78 Å². The van der Waals surface area contributed by atoms with Crippen LogP contribution in [0.5, 0.6) is 11.5 Å². The van der Waals surface area contributed by atoms with E-state index in [2.05, 4.69) is 10.3 Å². The van der Waals surface area contributed by atoms with E-state index in [1.54, 1.807) is 24.4 Å². The first-order valence-corrected chi connectivity index (χ1v) is 9.62. The molecule has 0 radical (unpaired) electrons. The first-order valence-electron chi connectivity index (χ1n) is 9.24. The summed E-state index contributed by atoms with van der Waals surface area (Å²) in [5.41, 5.74) is 2.47. The van der Waals surface area contributed by atoms with Gasteiger partial charge in [-0.05, 0) is 41.5 Å². The molecule has 0 fully saturated rings. The third kappa shape index (κ3) is 4.58. The molecule has 0 saturated heterocycles. The molecule has 29 heavy (non-hydrogen) atoms. The predicted octanol–water partition coefficient (Wildman–Crippen LogP) is 4.43. The van der Waals surface area contributed by atoms with E-state index in [0.29, 0.717) is 29.7 Å². The molecule has 0 aliphatic carbocycles. The van der Waals surface area contributed by atoms with Crippen molar-refractivity contribution in [2.75, 3.05) is 13.2 Å². The van der Waals surface area contributed by atoms with Gasteiger partial charge in [-0.1, -0.05) is 48.0 Å². The van der Waals surface area contributed by atoms with Crippen molar-refractivity contribution in [3.63, 3.8) is 0 Å². The lowest BCUT2D eigenvalue weighted by molar-refractivity contribution is -0.116. The number of carbonyl (C=O) groups is 1. The summed E-state index contributed by atoms with van der Waals surface area (Å²) in [6.07, 6.45) is 4.88. The second-order valence-electron chi connectivity index (χ2n) is 6.47. The lowest BCUT2D eigenvalue weighted by atomic mass is 10.0. The van der Waals surface area contributed by atoms with Crippen molar-refractivity contribution in [3.05, 3.63) is 94.8 Å². The number of rotatable bonds is 5. The zero-order valence-electron chi connectivity index (χ0n) is 15.5. The molecule has 0 spiro atoms. The monoisotopic (exact) mass is 406 g/mol. The van der Waals surface area contributed by atoms with Crippen LogP contribution in [0.2, 0.25) is 5.02 Å². The minimum atomic E-state index is -0.349. The number of hydrogen-bond donors (Lipinski definition) is 1. The number of nitrogens with zero attached hydrogens (tertiary/aromatic N) is 1. The highest BCUT2D eigenvalue weighted by Gasteiger charge is 2.18. The fourth-order valence-electron chi connectivity index (χ4n) is 3.11. The third-order valence-electron chi connectivity index (χ3n) is 4.45. The Labute approximate surface area is 174 Å². The quantitative estimate of drug-likeness (QED) is 0.637. The topological polar surface area (TPSA) is 60.5 Å². The Morgan fingerprint density at radius 2 is 1.86 bits per heavy atom. The predicted molar refractivity (Wildman–Crippen MR) is 112 cm³/mol. The van der Waals surface area contributed by atoms with Gasteiger partial charge in [-0.15, -0.1) is 0 Å². The van der Waals surface area contributed by atoms with Crippen molar-refractivity contribution in [2.24, 2.45) is 0 Å². The van der Waals surface area contributed by atoms with Crippen LogP contribution in [0, 0.1) is 0 Å². The number of ether oxygens (including phenoxy) is 2. The molecule has 2 heterocycles. The van der Waals surface area contributed by atoms with E-state index in [1.807, 2.05) is 48.5 Å². The lowest BCUT2D eigenvalue weighted by Gasteiger charge is -2.19. The molecule has 1 aromatic heterocycles. The second kappa shape index (κ2) is 8.80. The Hall–Kier alpha value is -3.31. The van der Waals surface area contributed by atoms with Gasteiger partial charge in [0.1, 0.15) is 13.2 Å². The molecule has 1 aliphatic rings. The fraction of sp³-hybridized carbons (Fsp3) is 0.130. The molecule has 1 atom stereocenters. The van der Waals surface area contributed by atoms with E-state index in [0.717, 1.165) is 16.8 Å². The molecule has 6 heteroatoms. The summed E-state index contributed by atoms with van der Waals surface area (Å²) >= 11 is 6.26. The van der Waals surface area contributed by atoms with Crippen LogP contribution < -0.4 is 14.8 Å². The average Bonchev–Trinajstić information content (AvgIpc) is 2.77. The number of benzene rings is 2. The molecular weight excluding hydrogens is 388 g/mol. The summed E-state index contributed by atoms with van der Waals surface area (Å²) in [6.45, 7) is 0.943. The van der Waals surface area contributed by atoms with E-state index < -0.39 is 0 Å². The van der Waals surface area contributed by atoms with Gasteiger partial charge in [-0.2, -0.15) is 0 Å². The van der Waals surface area contributed by atoms with Crippen LogP contribution in [0.25, 0.3) is 6.08 Å². The molecule has 5 nitrogen and oxygen atoms in total. The Balaban J connectivity index is 1.53. The van der Waals surface area contributed by atoms with Gasteiger partial charge in [-0.25, -0.2) is 0 Å². The highest BCUT2D eigenvalue weighted by Crippen LogP contribution is 2.38. The minimum Gasteiger partial charge on any atom is -0.486 e. The van der Waals surface area contributed by atoms with Crippen molar-refractivity contribution in [2.45, 2.75) is 6.04 Å². The summed E-state index contributed by atoms with van der Waals surface area (Å²) in [4.78, 5) is 17.0. The van der Waals surface area contributed by atoms with Gasteiger partial charge in [0, 0.05) is 12.3 Å². The minimum absolute atomic E-state index is 0.240. The number of fused-ring (bicyclic) bond motifs is 1. The van der Waals surface area contributed by atoms with Gasteiger partial charge in [0.2, 0.25) is 5.91 Å². The maximum atomic E-state index is 12.6. The molecule has 1 amide bonds. The van der Waals surface area contributed by atoms with Gasteiger partial charge in [0.05, 0.1) is 16.8 Å². The van der Waals surface area contributed by atoms with E-state index in [4.69, 9.17) is 21.1 Å². The van der Waals surface area contributed by atoms with E-state index in [1.165, 1.54) is 6.08 Å². The zero-order valence-corrected chi connectivity index (χ0v) is 16.3. The van der Waals surface area contributed by atoms with Crippen LogP contribution in [0.1, 0.15) is 22.9 Å². The lowest BCUT2D eigenvalue weighted by Crippen LogP contribution is -2.28. The molecule has 0 saturated carbocycles. The number of pyridine rings is 1. The maximum Gasteiger partial charge on any atom is 0.244 e. The molecular formula is C23H19ClN2O3.